The quantitative estimate of drug-likeness (QED) is 0.565. The molecule has 0 saturated carbocycles. The average molecular weight is 374 g/mol. The van der Waals surface area contributed by atoms with Gasteiger partial charge in [-0.15, -0.1) is 0 Å². The highest BCUT2D eigenvalue weighted by Gasteiger charge is 2.22. The Kier molecular flexibility index (Phi) is 6.10. The molecule has 2 N–H and O–H groups in total. The second-order valence-corrected chi connectivity index (χ2v) is 6.96. The molecule has 0 fully saturated rings. The van der Waals surface area contributed by atoms with Crippen LogP contribution in [0.5, 0.6) is 0 Å². The van der Waals surface area contributed by atoms with Gasteiger partial charge in [-0.1, -0.05) is 0 Å². The Hall–Kier alpha value is -2.42. The van der Waals surface area contributed by atoms with Crippen molar-refractivity contribution in [2.24, 2.45) is 12.0 Å². The minimum absolute atomic E-state index is 0.280. The normalized spacial score (nSPS) is 17.1. The molecule has 0 radical (unpaired) electrons. The molecule has 0 bridgehead atoms. The third-order valence-corrected chi connectivity index (χ3v) is 5.07. The van der Waals surface area contributed by atoms with E-state index >= 15 is 0 Å². The second kappa shape index (κ2) is 8.51. The summed E-state index contributed by atoms with van der Waals surface area (Å²) in [5, 5.41) is 15.9. The van der Waals surface area contributed by atoms with Crippen LogP contribution in [0.1, 0.15) is 35.0 Å². The van der Waals surface area contributed by atoms with E-state index in [0.29, 0.717) is 6.61 Å². The summed E-state index contributed by atoms with van der Waals surface area (Å²) in [4.78, 5) is 8.88. The Bertz CT molecular complexity index is 807. The molecule has 148 valence electrons. The fourth-order valence-electron chi connectivity index (χ4n) is 3.54. The lowest BCUT2D eigenvalue weighted by Crippen LogP contribution is -2.47. The van der Waals surface area contributed by atoms with Gasteiger partial charge in [0.25, 0.3) is 0 Å². The van der Waals surface area contributed by atoms with Gasteiger partial charge < -0.3 is 15.4 Å². The summed E-state index contributed by atoms with van der Waals surface area (Å²) >= 11 is 0. The van der Waals surface area contributed by atoms with E-state index in [1.54, 1.807) is 14.2 Å². The van der Waals surface area contributed by atoms with Crippen molar-refractivity contribution < 1.29 is 4.74 Å². The third-order valence-electron chi connectivity index (χ3n) is 5.07. The fraction of sp³-hybridized carbons (Fsp3) is 0.667. The summed E-state index contributed by atoms with van der Waals surface area (Å²) in [6, 6.07) is 0.280. The summed E-state index contributed by atoms with van der Waals surface area (Å²) in [5.41, 5.74) is 3.61. The number of hydrogen-bond acceptors (Lipinski definition) is 5. The maximum Gasteiger partial charge on any atom is 0.191 e. The van der Waals surface area contributed by atoms with Crippen molar-refractivity contribution in [3.8, 4) is 0 Å². The molecule has 2 aromatic heterocycles. The number of methoxy groups -OCH3 is 1. The van der Waals surface area contributed by atoms with Gasteiger partial charge in [-0.05, 0) is 32.3 Å². The maximum atomic E-state index is 5.12. The van der Waals surface area contributed by atoms with Gasteiger partial charge in [0, 0.05) is 45.9 Å². The van der Waals surface area contributed by atoms with Crippen LogP contribution in [0.15, 0.2) is 4.99 Å². The molecular formula is C18H30N8O. The molecule has 1 aliphatic rings. The van der Waals surface area contributed by atoms with Gasteiger partial charge in [-0.3, -0.25) is 9.67 Å². The van der Waals surface area contributed by atoms with E-state index in [9.17, 15) is 0 Å². The first-order chi connectivity index (χ1) is 13.0. The van der Waals surface area contributed by atoms with Crippen LogP contribution in [-0.2, 0) is 37.8 Å². The van der Waals surface area contributed by atoms with Crippen LogP contribution in [-0.4, -0.2) is 57.2 Å². The number of nitrogens with one attached hydrogen (secondary N) is 2. The SMILES string of the molecule is CN=C(NCCc1c(C)nn(C)c1C)NC1CCc2nc(COC)nn2C1. The molecule has 3 rings (SSSR count). The van der Waals surface area contributed by atoms with E-state index in [1.165, 1.54) is 11.3 Å². The van der Waals surface area contributed by atoms with E-state index in [4.69, 9.17) is 4.74 Å². The fourth-order valence-corrected chi connectivity index (χ4v) is 3.54. The van der Waals surface area contributed by atoms with Crippen molar-refractivity contribution in [1.82, 2.24) is 35.2 Å². The van der Waals surface area contributed by atoms with Crippen molar-refractivity contribution in [2.45, 2.75) is 52.3 Å². The van der Waals surface area contributed by atoms with Crippen molar-refractivity contribution in [3.05, 3.63) is 28.6 Å². The van der Waals surface area contributed by atoms with Crippen LogP contribution in [0.3, 0.4) is 0 Å². The summed E-state index contributed by atoms with van der Waals surface area (Å²) in [6.07, 6.45) is 2.83. The van der Waals surface area contributed by atoms with Crippen LogP contribution >= 0.6 is 0 Å². The predicted molar refractivity (Wildman–Crippen MR) is 104 cm³/mol. The molecule has 1 atom stereocenters. The number of aliphatic imine (C=N–C) groups is 1. The van der Waals surface area contributed by atoms with E-state index < -0.39 is 0 Å². The summed E-state index contributed by atoms with van der Waals surface area (Å²) in [7, 11) is 5.45. The number of ether oxygens (including phenoxy) is 1. The highest BCUT2D eigenvalue weighted by Crippen LogP contribution is 2.14. The van der Waals surface area contributed by atoms with Crippen LogP contribution in [0, 0.1) is 13.8 Å². The van der Waals surface area contributed by atoms with Crippen LogP contribution in [0.2, 0.25) is 0 Å². The first-order valence-electron chi connectivity index (χ1n) is 9.39. The molecule has 2 aromatic rings. The maximum absolute atomic E-state index is 5.12. The third kappa shape index (κ3) is 4.47. The molecule has 1 aliphatic heterocycles. The van der Waals surface area contributed by atoms with Gasteiger partial charge in [0.15, 0.2) is 11.8 Å². The molecule has 27 heavy (non-hydrogen) atoms. The molecule has 1 unspecified atom stereocenters. The lowest BCUT2D eigenvalue weighted by Gasteiger charge is -2.25. The topological polar surface area (TPSA) is 94.2 Å². The standard InChI is InChI=1S/C18H30N8O/c1-12-15(13(2)25(4)23-12)8-9-20-18(19-3)21-14-6-7-17-22-16(11-27-5)24-26(17)10-14/h14H,6-11H2,1-5H3,(H2,19,20,21). The van der Waals surface area contributed by atoms with Crippen LogP contribution in [0.25, 0.3) is 0 Å². The highest BCUT2D eigenvalue weighted by molar-refractivity contribution is 5.79. The number of guanidine groups is 1. The average Bonchev–Trinajstić information content (AvgIpc) is 3.15. The number of hydrogen-bond donors (Lipinski definition) is 2. The molecule has 0 spiro atoms. The lowest BCUT2D eigenvalue weighted by molar-refractivity contribution is 0.177. The van der Waals surface area contributed by atoms with Gasteiger partial charge in [0.1, 0.15) is 12.4 Å². The zero-order chi connectivity index (χ0) is 19.4. The Morgan fingerprint density at radius 3 is 2.81 bits per heavy atom. The Morgan fingerprint density at radius 2 is 2.15 bits per heavy atom. The molecule has 0 saturated heterocycles. The Labute approximate surface area is 160 Å². The first kappa shape index (κ1) is 19.3. The number of aromatic nitrogens is 5. The summed E-state index contributed by atoms with van der Waals surface area (Å²) < 4.78 is 9.04. The summed E-state index contributed by atoms with van der Waals surface area (Å²) in [5.74, 6) is 2.60. The van der Waals surface area contributed by atoms with Gasteiger partial charge in [-0.2, -0.15) is 10.2 Å². The summed E-state index contributed by atoms with van der Waals surface area (Å²) in [6.45, 7) is 6.22. The van der Waals surface area contributed by atoms with Crippen LogP contribution in [0.4, 0.5) is 0 Å². The number of aryl methyl sites for hydroxylation is 3. The molecule has 9 heteroatoms. The number of rotatable bonds is 6. The monoisotopic (exact) mass is 374 g/mol. The van der Waals surface area contributed by atoms with Crippen molar-refractivity contribution >= 4 is 5.96 Å². The number of fused-ring (bicyclic) bond motifs is 1. The zero-order valence-electron chi connectivity index (χ0n) is 16.9. The predicted octanol–water partition coefficient (Wildman–Crippen LogP) is 0.497. The lowest BCUT2D eigenvalue weighted by atomic mass is 10.1. The second-order valence-electron chi connectivity index (χ2n) is 6.96. The van der Waals surface area contributed by atoms with E-state index in [-0.39, 0.29) is 6.04 Å². The molecule has 0 aromatic carbocycles. The Morgan fingerprint density at radius 1 is 1.33 bits per heavy atom. The molecular weight excluding hydrogens is 344 g/mol. The number of nitrogens with zero attached hydrogens (tertiary/aromatic N) is 6. The van der Waals surface area contributed by atoms with Crippen molar-refractivity contribution in [2.75, 3.05) is 20.7 Å². The van der Waals surface area contributed by atoms with E-state index in [1.807, 2.05) is 16.4 Å². The highest BCUT2D eigenvalue weighted by atomic mass is 16.5. The van der Waals surface area contributed by atoms with E-state index in [0.717, 1.165) is 55.7 Å². The Balaban J connectivity index is 1.51. The van der Waals surface area contributed by atoms with Gasteiger partial charge in [0.2, 0.25) is 0 Å². The van der Waals surface area contributed by atoms with E-state index in [2.05, 4.69) is 44.7 Å². The molecule has 0 aliphatic carbocycles. The minimum Gasteiger partial charge on any atom is -0.377 e. The van der Waals surface area contributed by atoms with Gasteiger partial charge in [-0.25, -0.2) is 9.67 Å². The molecule has 0 amide bonds. The van der Waals surface area contributed by atoms with Crippen molar-refractivity contribution in [1.29, 1.82) is 0 Å². The van der Waals surface area contributed by atoms with Crippen LogP contribution < -0.4 is 10.6 Å². The minimum atomic E-state index is 0.280. The van der Waals surface area contributed by atoms with Gasteiger partial charge >= 0.3 is 0 Å². The largest absolute Gasteiger partial charge is 0.377 e. The molecule has 3 heterocycles. The van der Waals surface area contributed by atoms with Crippen molar-refractivity contribution in [3.63, 3.8) is 0 Å². The smallest absolute Gasteiger partial charge is 0.191 e. The van der Waals surface area contributed by atoms with Gasteiger partial charge in [0.05, 0.1) is 12.2 Å². The molecule has 9 nitrogen and oxygen atoms in total. The first-order valence-corrected chi connectivity index (χ1v) is 9.39. The zero-order valence-corrected chi connectivity index (χ0v) is 16.9.